The summed E-state index contributed by atoms with van der Waals surface area (Å²) in [5.41, 5.74) is 1.26. The van der Waals surface area contributed by atoms with E-state index in [1.54, 1.807) is 42.1 Å². The Labute approximate surface area is 151 Å². The molecule has 0 spiro atoms. The lowest BCUT2D eigenvalue weighted by Crippen LogP contribution is -2.06. The lowest BCUT2D eigenvalue weighted by Gasteiger charge is -2.11. The zero-order chi connectivity index (χ0) is 18.5. The van der Waals surface area contributed by atoms with Gasteiger partial charge in [0.15, 0.2) is 9.84 Å². The van der Waals surface area contributed by atoms with Crippen molar-refractivity contribution in [2.45, 2.75) is 17.9 Å². The van der Waals surface area contributed by atoms with Gasteiger partial charge in [0.2, 0.25) is 5.88 Å². The minimum absolute atomic E-state index is 0.0376. The van der Waals surface area contributed by atoms with Gasteiger partial charge in [-0.1, -0.05) is 6.07 Å². The van der Waals surface area contributed by atoms with Crippen molar-refractivity contribution in [2.24, 2.45) is 0 Å². The van der Waals surface area contributed by atoms with Crippen molar-refractivity contribution in [3.05, 3.63) is 48.2 Å². The minimum Gasteiger partial charge on any atom is -0.497 e. The van der Waals surface area contributed by atoms with E-state index in [1.165, 1.54) is 0 Å². The first-order valence-electron chi connectivity index (χ1n) is 8.31. The SMILES string of the molecule is CCOC1CS(=O)(=O)c2cc(-n3cc4ccc(OC)cc4c3O)ccc21. The van der Waals surface area contributed by atoms with Crippen LogP contribution in [0.4, 0.5) is 0 Å². The molecule has 1 aliphatic heterocycles. The molecule has 26 heavy (non-hydrogen) atoms. The lowest BCUT2D eigenvalue weighted by atomic mass is 10.1. The summed E-state index contributed by atoms with van der Waals surface area (Å²) in [6.45, 7) is 2.30. The Bertz CT molecular complexity index is 1100. The number of hydrogen-bond acceptors (Lipinski definition) is 5. The summed E-state index contributed by atoms with van der Waals surface area (Å²) in [4.78, 5) is 0.267. The summed E-state index contributed by atoms with van der Waals surface area (Å²) in [5.74, 6) is 0.633. The number of aromatic nitrogens is 1. The van der Waals surface area contributed by atoms with E-state index < -0.39 is 15.9 Å². The molecule has 3 aromatic rings. The van der Waals surface area contributed by atoms with Gasteiger partial charge in [-0.25, -0.2) is 8.42 Å². The maximum Gasteiger partial charge on any atom is 0.203 e. The van der Waals surface area contributed by atoms with Gasteiger partial charge < -0.3 is 14.6 Å². The third-order valence-corrected chi connectivity index (χ3v) is 6.46. The highest BCUT2D eigenvalue weighted by Gasteiger charge is 2.35. The second-order valence-corrected chi connectivity index (χ2v) is 8.23. The van der Waals surface area contributed by atoms with Gasteiger partial charge >= 0.3 is 0 Å². The van der Waals surface area contributed by atoms with Crippen LogP contribution in [0.25, 0.3) is 16.5 Å². The van der Waals surface area contributed by atoms with Crippen molar-refractivity contribution < 1.29 is 23.0 Å². The third kappa shape index (κ3) is 2.55. The maximum atomic E-state index is 12.5. The Morgan fingerprint density at radius 3 is 2.77 bits per heavy atom. The molecule has 136 valence electrons. The first-order chi connectivity index (χ1) is 12.4. The molecule has 1 unspecified atom stereocenters. The molecular formula is C19H19NO5S. The van der Waals surface area contributed by atoms with E-state index in [9.17, 15) is 13.5 Å². The minimum atomic E-state index is -3.40. The maximum absolute atomic E-state index is 12.5. The molecule has 4 rings (SSSR count). The van der Waals surface area contributed by atoms with Crippen molar-refractivity contribution >= 4 is 20.6 Å². The Kier molecular flexibility index (Phi) is 3.93. The van der Waals surface area contributed by atoms with Gasteiger partial charge in [-0.05, 0) is 37.3 Å². The highest BCUT2D eigenvalue weighted by molar-refractivity contribution is 7.91. The quantitative estimate of drug-likeness (QED) is 0.760. The van der Waals surface area contributed by atoms with Crippen LogP contribution in [0.2, 0.25) is 0 Å². The topological polar surface area (TPSA) is 77.8 Å². The molecule has 0 amide bonds. The van der Waals surface area contributed by atoms with E-state index >= 15 is 0 Å². The van der Waals surface area contributed by atoms with Gasteiger partial charge in [0, 0.05) is 34.8 Å². The Morgan fingerprint density at radius 2 is 2.04 bits per heavy atom. The summed E-state index contributed by atoms with van der Waals surface area (Å²) in [6, 6.07) is 10.6. The second-order valence-electron chi connectivity index (χ2n) is 6.22. The number of benzene rings is 2. The average molecular weight is 373 g/mol. The Hall–Kier alpha value is -2.51. The van der Waals surface area contributed by atoms with Crippen molar-refractivity contribution in [3.8, 4) is 17.3 Å². The molecule has 0 saturated carbocycles. The van der Waals surface area contributed by atoms with Crippen LogP contribution in [0.1, 0.15) is 18.6 Å². The predicted molar refractivity (Wildman–Crippen MR) is 97.9 cm³/mol. The van der Waals surface area contributed by atoms with Crippen molar-refractivity contribution in [3.63, 3.8) is 0 Å². The van der Waals surface area contributed by atoms with E-state index in [1.807, 2.05) is 19.1 Å². The normalized spacial score (nSPS) is 18.2. The van der Waals surface area contributed by atoms with Crippen molar-refractivity contribution in [2.75, 3.05) is 19.5 Å². The van der Waals surface area contributed by atoms with E-state index in [4.69, 9.17) is 9.47 Å². The van der Waals surface area contributed by atoms with Gasteiger partial charge in [-0.3, -0.25) is 4.57 Å². The van der Waals surface area contributed by atoms with E-state index in [-0.39, 0.29) is 16.5 Å². The molecule has 7 heteroatoms. The van der Waals surface area contributed by atoms with Crippen LogP contribution in [0, 0.1) is 0 Å². The van der Waals surface area contributed by atoms with Crippen LogP contribution >= 0.6 is 0 Å². The molecule has 0 radical (unpaired) electrons. The highest BCUT2D eigenvalue weighted by atomic mass is 32.2. The molecule has 1 aromatic heterocycles. The van der Waals surface area contributed by atoms with E-state index in [2.05, 4.69) is 0 Å². The zero-order valence-corrected chi connectivity index (χ0v) is 15.3. The van der Waals surface area contributed by atoms with Crippen LogP contribution in [0.15, 0.2) is 47.5 Å². The molecule has 0 bridgehead atoms. The third-order valence-electron chi connectivity index (χ3n) is 4.69. The monoisotopic (exact) mass is 373 g/mol. The molecule has 0 aliphatic carbocycles. The van der Waals surface area contributed by atoms with Crippen LogP contribution in [-0.2, 0) is 14.6 Å². The summed E-state index contributed by atoms with van der Waals surface area (Å²) in [5, 5.41) is 12.1. The molecule has 2 heterocycles. The van der Waals surface area contributed by atoms with Crippen molar-refractivity contribution in [1.82, 2.24) is 4.57 Å². The van der Waals surface area contributed by atoms with Gasteiger partial charge in [0.25, 0.3) is 0 Å². The fraction of sp³-hybridized carbons (Fsp3) is 0.263. The molecule has 1 N–H and O–H groups in total. The van der Waals surface area contributed by atoms with E-state index in [0.717, 1.165) is 5.39 Å². The molecule has 0 saturated heterocycles. The van der Waals surface area contributed by atoms with Crippen LogP contribution < -0.4 is 4.74 Å². The molecule has 2 aromatic carbocycles. The Morgan fingerprint density at radius 1 is 1.23 bits per heavy atom. The number of ether oxygens (including phenoxy) is 2. The standard InChI is InChI=1S/C19H19NO5S/c1-3-25-17-11-26(22,23)18-8-13(5-7-15(17)18)20-10-12-4-6-14(24-2)9-16(12)19(20)21/h4-10,17,21H,3,11H2,1-2H3. The average Bonchev–Trinajstić information content (AvgIpc) is 3.09. The number of rotatable bonds is 4. The van der Waals surface area contributed by atoms with Crippen LogP contribution in [0.5, 0.6) is 11.6 Å². The number of sulfone groups is 1. The first-order valence-corrected chi connectivity index (χ1v) is 9.96. The number of methoxy groups -OCH3 is 1. The largest absolute Gasteiger partial charge is 0.497 e. The van der Waals surface area contributed by atoms with E-state index in [0.29, 0.717) is 29.0 Å². The fourth-order valence-corrected chi connectivity index (χ4v) is 5.13. The summed E-state index contributed by atoms with van der Waals surface area (Å²) in [6.07, 6.45) is 1.34. The highest BCUT2D eigenvalue weighted by Crippen LogP contribution is 2.39. The summed E-state index contributed by atoms with van der Waals surface area (Å²) < 4.78 is 37.3. The Balaban J connectivity index is 1.85. The zero-order valence-electron chi connectivity index (χ0n) is 14.5. The first kappa shape index (κ1) is 16.9. The number of nitrogens with zero attached hydrogens (tertiary/aromatic N) is 1. The van der Waals surface area contributed by atoms with Crippen molar-refractivity contribution in [1.29, 1.82) is 0 Å². The van der Waals surface area contributed by atoms with Gasteiger partial charge in [0.1, 0.15) is 5.75 Å². The second kappa shape index (κ2) is 6.03. The van der Waals surface area contributed by atoms with Crippen LogP contribution in [-0.4, -0.2) is 37.6 Å². The van der Waals surface area contributed by atoms with Gasteiger partial charge in [-0.15, -0.1) is 0 Å². The van der Waals surface area contributed by atoms with Crippen LogP contribution in [0.3, 0.4) is 0 Å². The fourth-order valence-electron chi connectivity index (χ4n) is 3.42. The molecular weight excluding hydrogens is 354 g/mol. The van der Waals surface area contributed by atoms with Gasteiger partial charge in [0.05, 0.1) is 23.9 Å². The molecule has 0 fully saturated rings. The number of hydrogen-bond donors (Lipinski definition) is 1. The molecule has 1 atom stereocenters. The number of fused-ring (bicyclic) bond motifs is 2. The lowest BCUT2D eigenvalue weighted by molar-refractivity contribution is 0.0800. The molecule has 6 nitrogen and oxygen atoms in total. The smallest absolute Gasteiger partial charge is 0.203 e. The summed E-state index contributed by atoms with van der Waals surface area (Å²) >= 11 is 0. The molecule has 1 aliphatic rings. The predicted octanol–water partition coefficient (Wildman–Crippen LogP) is 3.21. The number of aromatic hydroxyl groups is 1. The van der Waals surface area contributed by atoms with Gasteiger partial charge in [-0.2, -0.15) is 0 Å². The summed E-state index contributed by atoms with van der Waals surface area (Å²) in [7, 11) is -1.84.